The smallest absolute Gasteiger partial charge is 0.244 e. The molecule has 0 bridgehead atoms. The predicted molar refractivity (Wildman–Crippen MR) is 129 cm³/mol. The molecule has 0 aromatic heterocycles. The van der Waals surface area contributed by atoms with Gasteiger partial charge in [0.05, 0.1) is 18.6 Å². The quantitative estimate of drug-likeness (QED) is 0.519. The van der Waals surface area contributed by atoms with E-state index in [4.69, 9.17) is 4.74 Å². The van der Waals surface area contributed by atoms with Crippen LogP contribution in [0.3, 0.4) is 0 Å². The lowest BCUT2D eigenvalue weighted by Gasteiger charge is -2.32. The van der Waals surface area contributed by atoms with Crippen molar-refractivity contribution >= 4 is 27.5 Å². The molecule has 0 aliphatic rings. The highest BCUT2D eigenvalue weighted by atomic mass is 32.2. The summed E-state index contributed by atoms with van der Waals surface area (Å²) in [5.41, 5.74) is 0.895. The number of anilines is 1. The van der Waals surface area contributed by atoms with Crippen LogP contribution in [0.15, 0.2) is 48.5 Å². The van der Waals surface area contributed by atoms with E-state index in [-0.39, 0.29) is 18.5 Å². The highest BCUT2D eigenvalue weighted by Gasteiger charge is 2.30. The lowest BCUT2D eigenvalue weighted by atomic mass is 10.1. The number of nitrogens with zero attached hydrogens (tertiary/aromatic N) is 2. The van der Waals surface area contributed by atoms with Gasteiger partial charge in [0.2, 0.25) is 21.8 Å². The molecule has 2 amide bonds. The fraction of sp³-hybridized carbons (Fsp3) is 0.417. The number of benzene rings is 2. The molecular formula is C24H32FN3O5S. The summed E-state index contributed by atoms with van der Waals surface area (Å²) in [7, 11) is -3.82. The molecule has 0 radical (unpaired) electrons. The summed E-state index contributed by atoms with van der Waals surface area (Å²) < 4.78 is 44.8. The van der Waals surface area contributed by atoms with E-state index in [1.54, 1.807) is 45.0 Å². The first-order chi connectivity index (χ1) is 15.9. The first-order valence-electron chi connectivity index (χ1n) is 11.0. The highest BCUT2D eigenvalue weighted by Crippen LogP contribution is 2.22. The molecule has 8 nitrogen and oxygen atoms in total. The van der Waals surface area contributed by atoms with Crippen molar-refractivity contribution in [3.05, 3.63) is 59.9 Å². The maximum absolute atomic E-state index is 13.4. The second-order valence-electron chi connectivity index (χ2n) is 8.18. The zero-order valence-electron chi connectivity index (χ0n) is 20.1. The van der Waals surface area contributed by atoms with Gasteiger partial charge in [0.1, 0.15) is 24.2 Å². The minimum atomic E-state index is -3.82. The fourth-order valence-electron chi connectivity index (χ4n) is 3.26. The number of hydrogen-bond donors (Lipinski definition) is 1. The van der Waals surface area contributed by atoms with Crippen molar-refractivity contribution in [2.75, 3.05) is 23.7 Å². The fourth-order valence-corrected chi connectivity index (χ4v) is 4.11. The van der Waals surface area contributed by atoms with Crippen LogP contribution in [0, 0.1) is 5.82 Å². The van der Waals surface area contributed by atoms with Crippen molar-refractivity contribution in [1.29, 1.82) is 0 Å². The van der Waals surface area contributed by atoms with E-state index < -0.39 is 34.3 Å². The Bertz CT molecular complexity index is 1070. The Morgan fingerprint density at radius 1 is 1.03 bits per heavy atom. The van der Waals surface area contributed by atoms with Gasteiger partial charge in [0.25, 0.3) is 0 Å². The van der Waals surface area contributed by atoms with Crippen LogP contribution in [-0.2, 0) is 26.2 Å². The summed E-state index contributed by atoms with van der Waals surface area (Å²) in [6.45, 7) is 6.97. The first kappa shape index (κ1) is 27.1. The number of sulfonamides is 1. The summed E-state index contributed by atoms with van der Waals surface area (Å²) in [5, 5.41) is 2.77. The Balaban J connectivity index is 2.35. The second-order valence-corrected chi connectivity index (χ2v) is 10.1. The van der Waals surface area contributed by atoms with Crippen molar-refractivity contribution in [1.82, 2.24) is 10.2 Å². The molecule has 0 aliphatic heterocycles. The van der Waals surface area contributed by atoms with E-state index in [1.165, 1.54) is 29.2 Å². The van der Waals surface area contributed by atoms with Gasteiger partial charge >= 0.3 is 0 Å². The third-order valence-electron chi connectivity index (χ3n) is 4.98. The molecule has 0 heterocycles. The Labute approximate surface area is 200 Å². The van der Waals surface area contributed by atoms with E-state index in [1.807, 2.05) is 6.92 Å². The summed E-state index contributed by atoms with van der Waals surface area (Å²) in [6, 6.07) is 10.9. The molecule has 10 heteroatoms. The van der Waals surface area contributed by atoms with Gasteiger partial charge in [0, 0.05) is 12.6 Å². The van der Waals surface area contributed by atoms with Gasteiger partial charge in [-0.2, -0.15) is 0 Å². The van der Waals surface area contributed by atoms with Gasteiger partial charge in [0.15, 0.2) is 0 Å². The molecule has 2 aromatic carbocycles. The van der Waals surface area contributed by atoms with Crippen LogP contribution in [0.1, 0.15) is 33.3 Å². The third-order valence-corrected chi connectivity index (χ3v) is 6.12. The molecule has 0 saturated carbocycles. The van der Waals surface area contributed by atoms with E-state index >= 15 is 0 Å². The number of carbonyl (C=O) groups excluding carboxylic acids is 2. The Morgan fingerprint density at radius 2 is 1.62 bits per heavy atom. The molecule has 0 aliphatic carbocycles. The topological polar surface area (TPSA) is 96.0 Å². The summed E-state index contributed by atoms with van der Waals surface area (Å²) in [4.78, 5) is 27.4. The molecular weight excluding hydrogens is 461 g/mol. The zero-order chi connectivity index (χ0) is 25.5. The van der Waals surface area contributed by atoms with E-state index in [2.05, 4.69) is 5.32 Å². The molecule has 2 aromatic rings. The SMILES string of the molecule is CCOc1ccc(N(CC(=O)N(Cc2ccc(F)cc2)C(C)C(=O)NC(C)C)S(C)(=O)=O)cc1. The Kier molecular flexibility index (Phi) is 9.43. The number of halogens is 1. The average Bonchev–Trinajstić information content (AvgIpc) is 2.76. The van der Waals surface area contributed by atoms with Crippen LogP contribution in [-0.4, -0.2) is 56.6 Å². The number of amides is 2. The lowest BCUT2D eigenvalue weighted by Crippen LogP contribution is -2.52. The molecule has 2 rings (SSSR count). The van der Waals surface area contributed by atoms with E-state index in [0.29, 0.717) is 23.6 Å². The van der Waals surface area contributed by atoms with E-state index in [0.717, 1.165) is 10.6 Å². The van der Waals surface area contributed by atoms with Crippen molar-refractivity contribution in [2.45, 2.75) is 46.3 Å². The number of rotatable bonds is 11. The van der Waals surface area contributed by atoms with Crippen molar-refractivity contribution in [3.8, 4) is 5.75 Å². The van der Waals surface area contributed by atoms with Gasteiger partial charge in [-0.05, 0) is 69.7 Å². The van der Waals surface area contributed by atoms with Crippen molar-refractivity contribution in [3.63, 3.8) is 0 Å². The molecule has 0 fully saturated rings. The second kappa shape index (κ2) is 11.8. The van der Waals surface area contributed by atoms with Crippen molar-refractivity contribution < 1.29 is 27.1 Å². The standard InChI is InChI=1S/C24H32FN3O5S/c1-6-33-22-13-11-21(12-14-22)28(34(5,31)32)16-23(29)27(18(4)24(30)26-17(2)3)15-19-7-9-20(25)10-8-19/h7-14,17-18H,6,15-16H2,1-5H3,(H,26,30). The lowest BCUT2D eigenvalue weighted by molar-refractivity contribution is -0.139. The van der Waals surface area contributed by atoms with Crippen LogP contribution in [0.4, 0.5) is 10.1 Å². The number of nitrogens with one attached hydrogen (secondary N) is 1. The van der Waals surface area contributed by atoms with Crippen LogP contribution in [0.5, 0.6) is 5.75 Å². The van der Waals surface area contributed by atoms with Crippen LogP contribution in [0.25, 0.3) is 0 Å². The van der Waals surface area contributed by atoms with Crippen LogP contribution < -0.4 is 14.4 Å². The highest BCUT2D eigenvalue weighted by molar-refractivity contribution is 7.92. The maximum atomic E-state index is 13.4. The zero-order valence-corrected chi connectivity index (χ0v) is 20.9. The first-order valence-corrected chi connectivity index (χ1v) is 12.8. The largest absolute Gasteiger partial charge is 0.494 e. The van der Waals surface area contributed by atoms with Gasteiger partial charge in [-0.25, -0.2) is 12.8 Å². The summed E-state index contributed by atoms with van der Waals surface area (Å²) in [6.07, 6.45) is 1.01. The maximum Gasteiger partial charge on any atom is 0.244 e. The van der Waals surface area contributed by atoms with Gasteiger partial charge in [-0.1, -0.05) is 12.1 Å². The molecule has 34 heavy (non-hydrogen) atoms. The van der Waals surface area contributed by atoms with E-state index in [9.17, 15) is 22.4 Å². The normalized spacial score (nSPS) is 12.2. The minimum absolute atomic E-state index is 0.00662. The molecule has 0 spiro atoms. The number of ether oxygens (including phenoxy) is 1. The molecule has 1 N–H and O–H groups in total. The molecule has 1 atom stereocenters. The third kappa shape index (κ3) is 7.72. The summed E-state index contributed by atoms with van der Waals surface area (Å²) >= 11 is 0. The molecule has 186 valence electrons. The Morgan fingerprint density at radius 3 is 2.12 bits per heavy atom. The van der Waals surface area contributed by atoms with Crippen LogP contribution in [0.2, 0.25) is 0 Å². The Hall–Kier alpha value is -3.14. The summed E-state index contributed by atoms with van der Waals surface area (Å²) in [5.74, 6) is -0.804. The van der Waals surface area contributed by atoms with Crippen LogP contribution >= 0.6 is 0 Å². The molecule has 1 unspecified atom stereocenters. The van der Waals surface area contributed by atoms with Gasteiger partial charge in [-0.15, -0.1) is 0 Å². The number of hydrogen-bond acceptors (Lipinski definition) is 5. The van der Waals surface area contributed by atoms with Gasteiger partial charge in [-0.3, -0.25) is 13.9 Å². The van der Waals surface area contributed by atoms with Crippen molar-refractivity contribution in [2.24, 2.45) is 0 Å². The predicted octanol–water partition coefficient (Wildman–Crippen LogP) is 2.93. The minimum Gasteiger partial charge on any atom is -0.494 e. The van der Waals surface area contributed by atoms with Gasteiger partial charge < -0.3 is 15.0 Å². The average molecular weight is 494 g/mol. The molecule has 0 saturated heterocycles. The number of carbonyl (C=O) groups is 2. The monoisotopic (exact) mass is 493 g/mol.